The number of allylic oxidation sites excluding steroid dienone is 2. The number of hydrogen-bond acceptors (Lipinski definition) is 4. The van der Waals surface area contributed by atoms with Gasteiger partial charge in [0.25, 0.3) is 0 Å². The van der Waals surface area contributed by atoms with E-state index in [9.17, 15) is 0 Å². The Bertz CT molecular complexity index is 3860. The van der Waals surface area contributed by atoms with E-state index in [1.165, 1.54) is 50.0 Å². The molecule has 0 saturated heterocycles. The highest BCUT2D eigenvalue weighted by atomic mass is 15.2. The van der Waals surface area contributed by atoms with Crippen molar-refractivity contribution in [1.82, 2.24) is 19.5 Å². The van der Waals surface area contributed by atoms with E-state index in [1.54, 1.807) is 0 Å². The van der Waals surface area contributed by atoms with E-state index in [0.29, 0.717) is 17.6 Å². The van der Waals surface area contributed by atoms with Crippen molar-refractivity contribution in [3.8, 4) is 62.2 Å². The van der Waals surface area contributed by atoms with Gasteiger partial charge in [-0.2, -0.15) is 9.97 Å². The summed E-state index contributed by atoms with van der Waals surface area (Å²) in [5, 5.41) is 3.46. The van der Waals surface area contributed by atoms with Crippen LogP contribution in [0.2, 0.25) is 0 Å². The third-order valence-corrected chi connectivity index (χ3v) is 14.5. The van der Waals surface area contributed by atoms with E-state index in [2.05, 4.69) is 234 Å². The zero-order valence-electron chi connectivity index (χ0n) is 37.6. The van der Waals surface area contributed by atoms with Crippen molar-refractivity contribution in [2.24, 2.45) is 0 Å². The van der Waals surface area contributed by atoms with Gasteiger partial charge in [0.2, 0.25) is 5.95 Å². The lowest BCUT2D eigenvalue weighted by Crippen LogP contribution is -2.29. The summed E-state index contributed by atoms with van der Waals surface area (Å²) in [6.45, 7) is 0. The Kier molecular flexibility index (Phi) is 8.86. The molecule has 1 unspecified atom stereocenters. The number of aromatic nitrogens is 4. The van der Waals surface area contributed by atoms with Gasteiger partial charge in [0, 0.05) is 39.0 Å². The van der Waals surface area contributed by atoms with Crippen LogP contribution in [0.5, 0.6) is 0 Å². The van der Waals surface area contributed by atoms with E-state index >= 15 is 0 Å². The van der Waals surface area contributed by atoms with E-state index in [4.69, 9.17) is 15.0 Å². The Balaban J connectivity index is 1.06. The van der Waals surface area contributed by atoms with Crippen LogP contribution in [0.4, 0.5) is 11.4 Å². The number of fused-ring (bicyclic) bond motifs is 13. The Hall–Kier alpha value is -8.93. The molecule has 0 fully saturated rings. The second-order valence-corrected chi connectivity index (χ2v) is 18.3. The topological polar surface area (TPSA) is 46.8 Å². The molecule has 3 aliphatic rings. The zero-order chi connectivity index (χ0) is 45.5. The molecule has 9 aromatic carbocycles. The van der Waals surface area contributed by atoms with Crippen LogP contribution in [-0.4, -0.2) is 25.6 Å². The number of rotatable bonds is 7. The first kappa shape index (κ1) is 39.3. The van der Waals surface area contributed by atoms with Crippen LogP contribution in [0, 0.1) is 0 Å². The lowest BCUT2D eigenvalue weighted by molar-refractivity contribution is 0.785. The summed E-state index contributed by atoms with van der Waals surface area (Å²) in [5.41, 5.74) is 16.8. The maximum absolute atomic E-state index is 5.49. The number of anilines is 2. The summed E-state index contributed by atoms with van der Waals surface area (Å²) in [7, 11) is 0. The highest BCUT2D eigenvalue weighted by molar-refractivity contribution is 6.06. The Morgan fingerprint density at radius 2 is 1.04 bits per heavy atom. The summed E-state index contributed by atoms with van der Waals surface area (Å²) < 4.78 is 2.33. The van der Waals surface area contributed by atoms with Gasteiger partial charge in [-0.05, 0) is 98.6 Å². The molecular formula is C64H43N5. The van der Waals surface area contributed by atoms with Crippen molar-refractivity contribution in [2.75, 3.05) is 4.90 Å². The first-order valence-electron chi connectivity index (χ1n) is 23.8. The molecule has 324 valence electrons. The molecule has 0 saturated carbocycles. The van der Waals surface area contributed by atoms with Crippen molar-refractivity contribution in [3.05, 3.63) is 265 Å². The highest BCUT2D eigenvalue weighted by Gasteiger charge is 2.54. The molecular weight excluding hydrogens is 839 g/mol. The first-order valence-corrected chi connectivity index (χ1v) is 23.8. The van der Waals surface area contributed by atoms with Crippen LogP contribution >= 0.6 is 0 Å². The second-order valence-electron chi connectivity index (χ2n) is 18.3. The van der Waals surface area contributed by atoms with Crippen molar-refractivity contribution in [1.29, 1.82) is 0 Å². The molecule has 0 N–H and O–H groups in total. The minimum atomic E-state index is -0.607. The minimum Gasteiger partial charge on any atom is -0.334 e. The van der Waals surface area contributed by atoms with Gasteiger partial charge in [0.1, 0.15) is 0 Å². The highest BCUT2D eigenvalue weighted by Crippen LogP contribution is 2.65. The van der Waals surface area contributed by atoms with E-state index in [-0.39, 0.29) is 6.04 Å². The van der Waals surface area contributed by atoms with E-state index in [0.717, 1.165) is 56.3 Å². The molecule has 3 aliphatic carbocycles. The molecule has 0 amide bonds. The molecule has 5 nitrogen and oxygen atoms in total. The maximum atomic E-state index is 5.49. The van der Waals surface area contributed by atoms with Gasteiger partial charge >= 0.3 is 0 Å². The molecule has 2 aromatic heterocycles. The third-order valence-electron chi connectivity index (χ3n) is 14.5. The van der Waals surface area contributed by atoms with Gasteiger partial charge in [0.05, 0.1) is 22.7 Å². The number of para-hydroxylation sites is 1. The van der Waals surface area contributed by atoms with Gasteiger partial charge in [-0.25, -0.2) is 4.98 Å². The summed E-state index contributed by atoms with van der Waals surface area (Å²) in [6.07, 6.45) is 9.81. The monoisotopic (exact) mass is 881 g/mol. The smallest absolute Gasteiger partial charge is 0.238 e. The molecule has 69 heavy (non-hydrogen) atoms. The van der Waals surface area contributed by atoms with Crippen molar-refractivity contribution < 1.29 is 0 Å². The second kappa shape index (κ2) is 15.6. The van der Waals surface area contributed by atoms with Gasteiger partial charge in [-0.15, -0.1) is 0 Å². The van der Waals surface area contributed by atoms with Crippen LogP contribution in [-0.2, 0) is 5.41 Å². The summed E-state index contributed by atoms with van der Waals surface area (Å²) in [4.78, 5) is 18.6. The fraction of sp³-hybridized carbons (Fsp3) is 0.0469. The first-order chi connectivity index (χ1) is 34.2. The van der Waals surface area contributed by atoms with Gasteiger partial charge < -0.3 is 4.90 Å². The number of nitrogens with zero attached hydrogens (tertiary/aromatic N) is 5. The van der Waals surface area contributed by atoms with Crippen LogP contribution in [0.15, 0.2) is 243 Å². The SMILES string of the molecule is C1=CCC(N(c2ccccc2)c2cccc(-c3ccc4c(c3)c3c(n4-c4nc(-c5ccccc5)nc(-c5ccc6ccccc6c5)n4)-c4ccccc4C34c3ccccc3-c3ccccc34)c2)C=C1. The average molecular weight is 882 g/mol. The van der Waals surface area contributed by atoms with Crippen molar-refractivity contribution in [3.63, 3.8) is 0 Å². The molecule has 0 aliphatic heterocycles. The molecule has 2 heterocycles. The lowest BCUT2D eigenvalue weighted by atomic mass is 9.70. The third kappa shape index (κ3) is 6.00. The zero-order valence-corrected chi connectivity index (χ0v) is 37.6. The van der Waals surface area contributed by atoms with Crippen LogP contribution in [0.3, 0.4) is 0 Å². The Morgan fingerprint density at radius 1 is 0.449 bits per heavy atom. The number of benzene rings is 9. The lowest BCUT2D eigenvalue weighted by Gasteiger charge is -2.33. The molecule has 0 radical (unpaired) electrons. The van der Waals surface area contributed by atoms with E-state index in [1.807, 2.05) is 18.2 Å². The summed E-state index contributed by atoms with van der Waals surface area (Å²) >= 11 is 0. The van der Waals surface area contributed by atoms with Gasteiger partial charge in [0.15, 0.2) is 11.6 Å². The van der Waals surface area contributed by atoms with Crippen molar-refractivity contribution in [2.45, 2.75) is 17.9 Å². The quantitative estimate of drug-likeness (QED) is 0.160. The fourth-order valence-corrected chi connectivity index (χ4v) is 11.6. The number of hydrogen-bond donors (Lipinski definition) is 0. The fourth-order valence-electron chi connectivity index (χ4n) is 11.6. The summed E-state index contributed by atoms with van der Waals surface area (Å²) in [6, 6.07) is 79.3. The minimum absolute atomic E-state index is 0.189. The Labute approximate surface area is 400 Å². The van der Waals surface area contributed by atoms with Gasteiger partial charge in [-0.1, -0.05) is 200 Å². The van der Waals surface area contributed by atoms with Crippen LogP contribution in [0.1, 0.15) is 28.7 Å². The predicted octanol–water partition coefficient (Wildman–Crippen LogP) is 15.3. The van der Waals surface area contributed by atoms with Crippen LogP contribution in [0.25, 0.3) is 83.9 Å². The average Bonchev–Trinajstić information content (AvgIpc) is 4.03. The molecule has 1 spiro atoms. The predicted molar refractivity (Wildman–Crippen MR) is 282 cm³/mol. The molecule has 1 atom stereocenters. The standard InChI is InChI=1S/C64H43N5/c1-4-20-43(21-5-1)61-65-62(47-36-35-42-19-10-11-22-44(42)39-47)67-63(66-61)69-58-38-37-46(45-23-18-28-50(40-45)68(48-24-6-2-7-25-48)49-26-8-3-9-27-49)41-54(58)59-60(69)53-31-14-17-34-57(53)64(59)55-32-15-12-29-51(55)52-30-13-16-33-56(52)64/h1-26,28-41,49H,27H2. The largest absolute Gasteiger partial charge is 0.334 e. The molecule has 11 aromatic rings. The van der Waals surface area contributed by atoms with Crippen LogP contribution < -0.4 is 4.90 Å². The summed E-state index contributed by atoms with van der Waals surface area (Å²) in [5.74, 6) is 1.82. The molecule has 14 rings (SSSR count). The Morgan fingerprint density at radius 3 is 1.78 bits per heavy atom. The van der Waals surface area contributed by atoms with Gasteiger partial charge in [-0.3, -0.25) is 4.57 Å². The molecule has 0 bridgehead atoms. The van der Waals surface area contributed by atoms with Crippen molar-refractivity contribution >= 4 is 33.1 Å². The normalized spacial score (nSPS) is 14.8. The molecule has 5 heteroatoms. The maximum Gasteiger partial charge on any atom is 0.238 e. The van der Waals surface area contributed by atoms with E-state index < -0.39 is 5.41 Å².